The summed E-state index contributed by atoms with van der Waals surface area (Å²) in [6.45, 7) is 5.74. The number of pyridine rings is 1. The Kier molecular flexibility index (Phi) is 4.49. The summed E-state index contributed by atoms with van der Waals surface area (Å²) in [4.78, 5) is 38.1. The number of ketones is 1. The predicted octanol–water partition coefficient (Wildman–Crippen LogP) is 3.20. The van der Waals surface area contributed by atoms with E-state index < -0.39 is 11.3 Å². The number of fused-ring (bicyclic) bond motifs is 1. The first-order valence-electron chi connectivity index (χ1n) is 9.48. The van der Waals surface area contributed by atoms with Gasteiger partial charge in [-0.15, -0.1) is 0 Å². The Morgan fingerprint density at radius 2 is 1.76 bits per heavy atom. The lowest BCUT2D eigenvalue weighted by Crippen LogP contribution is -2.26. The lowest BCUT2D eigenvalue weighted by molar-refractivity contribution is -0.122. The molecule has 1 aromatic carbocycles. The fourth-order valence-corrected chi connectivity index (χ4v) is 3.94. The summed E-state index contributed by atoms with van der Waals surface area (Å²) in [6, 6.07) is 9.58. The highest BCUT2D eigenvalue weighted by atomic mass is 16.1. The van der Waals surface area contributed by atoms with Gasteiger partial charge in [-0.3, -0.25) is 14.6 Å². The van der Waals surface area contributed by atoms with Gasteiger partial charge in [0, 0.05) is 36.6 Å². The van der Waals surface area contributed by atoms with Crippen LogP contribution in [0.2, 0.25) is 0 Å². The molecule has 0 fully saturated rings. The summed E-state index contributed by atoms with van der Waals surface area (Å²) in [5, 5.41) is 2.58. The molecular weight excluding hydrogens is 364 g/mol. The second-order valence-corrected chi connectivity index (χ2v) is 7.80. The van der Waals surface area contributed by atoms with Gasteiger partial charge in [-0.25, -0.2) is 9.97 Å². The number of hydrogen-bond acceptors (Lipinski definition) is 5. The standard InChI is InChI=1S/C23H22N4O2/c1-13-26-11-16(12-27-13)14-5-6-18-17(9-14)20(21(28)23(18,2)3)15-7-8-25-19(10-15)22(29)24-4/h5-12,20H,1-4H3,(H,24,29). The monoisotopic (exact) mass is 386 g/mol. The molecule has 0 bridgehead atoms. The number of carbonyl (C=O) groups excluding carboxylic acids is 2. The molecule has 1 unspecified atom stereocenters. The predicted molar refractivity (Wildman–Crippen MR) is 110 cm³/mol. The van der Waals surface area contributed by atoms with E-state index >= 15 is 0 Å². The van der Waals surface area contributed by atoms with Crippen molar-refractivity contribution in [1.82, 2.24) is 20.3 Å². The summed E-state index contributed by atoms with van der Waals surface area (Å²) >= 11 is 0. The van der Waals surface area contributed by atoms with Gasteiger partial charge in [-0.1, -0.05) is 12.1 Å². The third kappa shape index (κ3) is 3.10. The number of rotatable bonds is 3. The molecule has 0 saturated heterocycles. The molecule has 0 spiro atoms. The van der Waals surface area contributed by atoms with Crippen LogP contribution in [0, 0.1) is 6.92 Å². The van der Waals surface area contributed by atoms with Crippen LogP contribution < -0.4 is 5.32 Å². The van der Waals surface area contributed by atoms with E-state index in [9.17, 15) is 9.59 Å². The van der Waals surface area contributed by atoms with Gasteiger partial charge in [0.15, 0.2) is 5.78 Å². The number of hydrogen-bond donors (Lipinski definition) is 1. The van der Waals surface area contributed by atoms with E-state index in [1.165, 1.54) is 0 Å². The molecule has 4 rings (SSSR count). The van der Waals surface area contributed by atoms with Gasteiger partial charge in [0.05, 0.1) is 5.92 Å². The zero-order valence-corrected chi connectivity index (χ0v) is 16.9. The van der Waals surface area contributed by atoms with Gasteiger partial charge in [0.25, 0.3) is 5.91 Å². The molecular formula is C23H22N4O2. The average Bonchev–Trinajstić information content (AvgIpc) is 2.93. The molecule has 146 valence electrons. The normalized spacial score (nSPS) is 17.1. The van der Waals surface area contributed by atoms with Crippen LogP contribution in [-0.4, -0.2) is 33.7 Å². The summed E-state index contributed by atoms with van der Waals surface area (Å²) in [7, 11) is 1.56. The number of amides is 1. The third-order valence-corrected chi connectivity index (χ3v) is 5.61. The summed E-state index contributed by atoms with van der Waals surface area (Å²) < 4.78 is 0. The second kappa shape index (κ2) is 6.88. The molecule has 0 radical (unpaired) electrons. The minimum absolute atomic E-state index is 0.110. The van der Waals surface area contributed by atoms with Crippen LogP contribution >= 0.6 is 0 Å². The number of nitrogens with one attached hydrogen (secondary N) is 1. The summed E-state index contributed by atoms with van der Waals surface area (Å²) in [6.07, 6.45) is 5.16. The van der Waals surface area contributed by atoms with Crippen LogP contribution in [0.5, 0.6) is 0 Å². The number of carbonyl (C=O) groups is 2. The highest BCUT2D eigenvalue weighted by Gasteiger charge is 2.46. The summed E-state index contributed by atoms with van der Waals surface area (Å²) in [5.74, 6) is 0.0986. The number of benzene rings is 1. The molecule has 6 heteroatoms. The van der Waals surface area contributed by atoms with Crippen molar-refractivity contribution in [2.45, 2.75) is 32.1 Å². The molecule has 0 aliphatic heterocycles. The van der Waals surface area contributed by atoms with Crippen molar-refractivity contribution in [2.24, 2.45) is 0 Å². The van der Waals surface area contributed by atoms with Crippen molar-refractivity contribution in [3.8, 4) is 11.1 Å². The van der Waals surface area contributed by atoms with Crippen LogP contribution in [0.3, 0.4) is 0 Å². The zero-order chi connectivity index (χ0) is 20.8. The zero-order valence-electron chi connectivity index (χ0n) is 16.9. The smallest absolute Gasteiger partial charge is 0.269 e. The molecule has 1 amide bonds. The van der Waals surface area contributed by atoms with Gasteiger partial charge in [0.1, 0.15) is 11.5 Å². The minimum atomic E-state index is -0.612. The van der Waals surface area contributed by atoms with Gasteiger partial charge >= 0.3 is 0 Å². The van der Waals surface area contributed by atoms with E-state index in [0.29, 0.717) is 11.5 Å². The first-order chi connectivity index (χ1) is 13.8. The van der Waals surface area contributed by atoms with Crippen molar-refractivity contribution >= 4 is 11.7 Å². The van der Waals surface area contributed by atoms with Gasteiger partial charge in [0.2, 0.25) is 0 Å². The van der Waals surface area contributed by atoms with E-state index in [4.69, 9.17) is 0 Å². The first kappa shape index (κ1) is 18.9. The number of aryl methyl sites for hydroxylation is 1. The maximum Gasteiger partial charge on any atom is 0.269 e. The fourth-order valence-electron chi connectivity index (χ4n) is 3.94. The Hall–Kier alpha value is -3.41. The maximum atomic E-state index is 13.4. The molecule has 29 heavy (non-hydrogen) atoms. The van der Waals surface area contributed by atoms with E-state index in [1.807, 2.05) is 45.0 Å². The van der Waals surface area contributed by atoms with E-state index in [2.05, 4.69) is 20.3 Å². The van der Waals surface area contributed by atoms with Crippen molar-refractivity contribution in [3.05, 3.63) is 77.1 Å². The molecule has 1 N–H and O–H groups in total. The van der Waals surface area contributed by atoms with E-state index in [1.54, 1.807) is 31.7 Å². The number of aromatic nitrogens is 3. The first-order valence-corrected chi connectivity index (χ1v) is 9.48. The Balaban J connectivity index is 1.86. The fraction of sp³-hybridized carbons (Fsp3) is 0.261. The van der Waals surface area contributed by atoms with Crippen molar-refractivity contribution in [3.63, 3.8) is 0 Å². The molecule has 1 aliphatic rings. The van der Waals surface area contributed by atoms with E-state index in [-0.39, 0.29) is 11.7 Å². The van der Waals surface area contributed by atoms with Crippen LogP contribution in [0.1, 0.15) is 52.8 Å². The van der Waals surface area contributed by atoms with Crippen molar-refractivity contribution in [2.75, 3.05) is 7.05 Å². The topological polar surface area (TPSA) is 84.8 Å². The number of Topliss-reactive ketones (excluding diaryl/α,β-unsaturated/α-hetero) is 1. The lowest BCUT2D eigenvalue weighted by Gasteiger charge is -2.18. The molecule has 6 nitrogen and oxygen atoms in total. The molecule has 0 saturated carbocycles. The Bertz CT molecular complexity index is 1120. The van der Waals surface area contributed by atoms with E-state index in [0.717, 1.165) is 27.8 Å². The maximum absolute atomic E-state index is 13.4. The molecule has 2 aromatic heterocycles. The Labute approximate surface area is 169 Å². The molecule has 1 atom stereocenters. The van der Waals surface area contributed by atoms with Gasteiger partial charge in [-0.05, 0) is 61.2 Å². The molecule has 2 heterocycles. The highest BCUT2D eigenvalue weighted by molar-refractivity contribution is 6.03. The van der Waals surface area contributed by atoms with Crippen LogP contribution in [0.25, 0.3) is 11.1 Å². The number of nitrogens with zero attached hydrogens (tertiary/aromatic N) is 3. The highest BCUT2D eigenvalue weighted by Crippen LogP contribution is 2.47. The second-order valence-electron chi connectivity index (χ2n) is 7.80. The quantitative estimate of drug-likeness (QED) is 0.747. The Morgan fingerprint density at radius 1 is 1.03 bits per heavy atom. The van der Waals surface area contributed by atoms with Crippen LogP contribution in [0.15, 0.2) is 48.9 Å². The van der Waals surface area contributed by atoms with Gasteiger partial charge in [-0.2, -0.15) is 0 Å². The SMILES string of the molecule is CNC(=O)c1cc(C2C(=O)C(C)(C)c3ccc(-c4cnc(C)nc4)cc32)ccn1. The minimum Gasteiger partial charge on any atom is -0.354 e. The van der Waals surface area contributed by atoms with Gasteiger partial charge < -0.3 is 5.32 Å². The largest absolute Gasteiger partial charge is 0.354 e. The average molecular weight is 386 g/mol. The van der Waals surface area contributed by atoms with Crippen LogP contribution in [0.4, 0.5) is 0 Å². The lowest BCUT2D eigenvalue weighted by atomic mass is 9.83. The van der Waals surface area contributed by atoms with Crippen molar-refractivity contribution < 1.29 is 9.59 Å². The van der Waals surface area contributed by atoms with Crippen LogP contribution in [-0.2, 0) is 10.2 Å². The molecule has 1 aliphatic carbocycles. The third-order valence-electron chi connectivity index (χ3n) is 5.61. The summed E-state index contributed by atoms with van der Waals surface area (Å²) in [5.41, 5.74) is 4.27. The van der Waals surface area contributed by atoms with Crippen molar-refractivity contribution in [1.29, 1.82) is 0 Å². The Morgan fingerprint density at radius 3 is 2.45 bits per heavy atom. The molecule has 3 aromatic rings.